The van der Waals surface area contributed by atoms with E-state index in [1.165, 1.54) is 0 Å². The standard InChI is InChI=1S/C17H22N4O5S/c1-12-16(13(2)26-19-12)27(22,23)20-15-4-3-14(11-18-15)21-7-5-17(6-8-21)24-9-10-25-17/h3-4,11H,5-10H2,1-2H3,(H,18,20). The number of hydrogen-bond donors (Lipinski definition) is 1. The largest absolute Gasteiger partial charge is 0.370 e. The number of rotatable bonds is 4. The molecule has 2 aromatic rings. The summed E-state index contributed by atoms with van der Waals surface area (Å²) in [5, 5.41) is 3.69. The topological polar surface area (TPSA) is 107 Å². The summed E-state index contributed by atoms with van der Waals surface area (Å²) in [5.74, 6) is 0.0679. The van der Waals surface area contributed by atoms with Gasteiger partial charge in [0.15, 0.2) is 16.4 Å². The lowest BCUT2D eigenvalue weighted by molar-refractivity contribution is -0.169. The van der Waals surface area contributed by atoms with Crippen molar-refractivity contribution in [3.63, 3.8) is 0 Å². The van der Waals surface area contributed by atoms with Crippen LogP contribution in [0.2, 0.25) is 0 Å². The first-order valence-corrected chi connectivity index (χ1v) is 10.3. The summed E-state index contributed by atoms with van der Waals surface area (Å²) in [6.45, 7) is 6.05. The average molecular weight is 394 g/mol. The molecule has 2 aromatic heterocycles. The zero-order valence-electron chi connectivity index (χ0n) is 15.3. The van der Waals surface area contributed by atoms with Crippen molar-refractivity contribution in [2.75, 3.05) is 35.9 Å². The first-order valence-electron chi connectivity index (χ1n) is 8.83. The molecule has 0 aromatic carbocycles. The molecule has 0 bridgehead atoms. The summed E-state index contributed by atoms with van der Waals surface area (Å²) < 4.78 is 44.0. The van der Waals surface area contributed by atoms with Crippen molar-refractivity contribution in [1.29, 1.82) is 0 Å². The van der Waals surface area contributed by atoms with E-state index in [0.29, 0.717) is 18.9 Å². The van der Waals surface area contributed by atoms with E-state index in [4.69, 9.17) is 14.0 Å². The molecular formula is C17H22N4O5S. The molecule has 0 aliphatic carbocycles. The Kier molecular flexibility index (Phi) is 4.57. The fourth-order valence-electron chi connectivity index (χ4n) is 3.57. The molecule has 9 nitrogen and oxygen atoms in total. The molecule has 0 saturated carbocycles. The third-order valence-corrected chi connectivity index (χ3v) is 6.53. The van der Waals surface area contributed by atoms with Crippen LogP contribution in [0.1, 0.15) is 24.3 Å². The number of pyridine rings is 1. The zero-order valence-corrected chi connectivity index (χ0v) is 16.1. The predicted octanol–water partition coefficient (Wildman–Crippen LogP) is 1.83. The van der Waals surface area contributed by atoms with Gasteiger partial charge in [-0.3, -0.25) is 4.72 Å². The first kappa shape index (κ1) is 18.2. The molecule has 0 atom stereocenters. The Bertz CT molecular complexity index is 890. The molecule has 2 fully saturated rings. The van der Waals surface area contributed by atoms with Crippen LogP contribution >= 0.6 is 0 Å². The van der Waals surface area contributed by atoms with Gasteiger partial charge in [0, 0.05) is 25.9 Å². The van der Waals surface area contributed by atoms with Crippen LogP contribution in [0.25, 0.3) is 0 Å². The summed E-state index contributed by atoms with van der Waals surface area (Å²) in [4.78, 5) is 6.49. The van der Waals surface area contributed by atoms with E-state index in [1.807, 2.05) is 6.07 Å². The molecule has 2 aliphatic heterocycles. The maximum atomic E-state index is 12.5. The van der Waals surface area contributed by atoms with E-state index >= 15 is 0 Å². The Labute approximate surface area is 157 Å². The Balaban J connectivity index is 1.44. The van der Waals surface area contributed by atoms with Crippen LogP contribution in [-0.4, -0.2) is 50.6 Å². The first-order chi connectivity index (χ1) is 12.9. The number of piperidine rings is 1. The van der Waals surface area contributed by atoms with Gasteiger partial charge in [0.2, 0.25) is 0 Å². The summed E-state index contributed by atoms with van der Waals surface area (Å²) in [5.41, 5.74) is 1.25. The zero-order chi connectivity index (χ0) is 19.1. The molecule has 0 amide bonds. The minimum absolute atomic E-state index is 0.0475. The lowest BCUT2D eigenvalue weighted by Crippen LogP contribution is -2.45. The highest BCUT2D eigenvalue weighted by Gasteiger charge is 2.39. The van der Waals surface area contributed by atoms with Crippen molar-refractivity contribution in [3.05, 3.63) is 29.8 Å². The van der Waals surface area contributed by atoms with Crippen molar-refractivity contribution >= 4 is 21.5 Å². The van der Waals surface area contributed by atoms with Crippen LogP contribution in [0.5, 0.6) is 0 Å². The molecular weight excluding hydrogens is 372 g/mol. The number of hydrogen-bond acceptors (Lipinski definition) is 8. The maximum Gasteiger partial charge on any atom is 0.268 e. The number of nitrogens with one attached hydrogen (secondary N) is 1. The van der Waals surface area contributed by atoms with E-state index < -0.39 is 15.8 Å². The summed E-state index contributed by atoms with van der Waals surface area (Å²) in [6.07, 6.45) is 3.26. The smallest absolute Gasteiger partial charge is 0.268 e. The third kappa shape index (κ3) is 3.52. The maximum absolute atomic E-state index is 12.5. The second-order valence-electron chi connectivity index (χ2n) is 6.76. The number of sulfonamides is 1. The van der Waals surface area contributed by atoms with Crippen LogP contribution in [0.3, 0.4) is 0 Å². The van der Waals surface area contributed by atoms with Crippen molar-refractivity contribution in [2.24, 2.45) is 0 Å². The lowest BCUT2D eigenvalue weighted by Gasteiger charge is -2.38. The molecule has 4 heterocycles. The molecule has 4 rings (SSSR count). The summed E-state index contributed by atoms with van der Waals surface area (Å²) >= 11 is 0. The minimum atomic E-state index is -3.80. The van der Waals surface area contributed by atoms with E-state index in [-0.39, 0.29) is 16.5 Å². The van der Waals surface area contributed by atoms with Gasteiger partial charge in [-0.25, -0.2) is 13.4 Å². The highest BCUT2D eigenvalue weighted by molar-refractivity contribution is 7.92. The monoisotopic (exact) mass is 394 g/mol. The van der Waals surface area contributed by atoms with E-state index in [9.17, 15) is 8.42 Å². The fraction of sp³-hybridized carbons (Fsp3) is 0.529. The van der Waals surface area contributed by atoms with Gasteiger partial charge in [-0.05, 0) is 26.0 Å². The Morgan fingerprint density at radius 2 is 1.85 bits per heavy atom. The van der Waals surface area contributed by atoms with E-state index in [1.54, 1.807) is 26.1 Å². The Morgan fingerprint density at radius 1 is 1.15 bits per heavy atom. The predicted molar refractivity (Wildman–Crippen MR) is 97.1 cm³/mol. The third-order valence-electron chi connectivity index (χ3n) is 4.93. The molecule has 1 N–H and O–H groups in total. The molecule has 2 aliphatic rings. The van der Waals surface area contributed by atoms with Gasteiger partial charge in [-0.15, -0.1) is 0 Å². The van der Waals surface area contributed by atoms with Gasteiger partial charge in [-0.1, -0.05) is 5.16 Å². The number of ether oxygens (including phenoxy) is 2. The van der Waals surface area contributed by atoms with E-state index in [2.05, 4.69) is 19.8 Å². The normalized spacial score (nSPS) is 19.6. The number of aryl methyl sites for hydroxylation is 2. The van der Waals surface area contributed by atoms with Crippen molar-refractivity contribution in [3.8, 4) is 0 Å². The lowest BCUT2D eigenvalue weighted by atomic mass is 10.0. The SMILES string of the molecule is Cc1noc(C)c1S(=O)(=O)Nc1ccc(N2CCC3(CC2)OCCO3)cn1. The highest BCUT2D eigenvalue weighted by atomic mass is 32.2. The van der Waals surface area contributed by atoms with Crippen molar-refractivity contribution in [2.45, 2.75) is 37.4 Å². The number of aromatic nitrogens is 2. The highest BCUT2D eigenvalue weighted by Crippen LogP contribution is 2.33. The number of nitrogens with zero attached hydrogens (tertiary/aromatic N) is 3. The molecule has 146 valence electrons. The average Bonchev–Trinajstić information content (AvgIpc) is 3.23. The fourth-order valence-corrected chi connectivity index (χ4v) is 4.91. The molecule has 27 heavy (non-hydrogen) atoms. The molecule has 1 spiro atoms. The van der Waals surface area contributed by atoms with Gasteiger partial charge >= 0.3 is 0 Å². The van der Waals surface area contributed by atoms with Crippen molar-refractivity contribution < 1.29 is 22.4 Å². The summed E-state index contributed by atoms with van der Waals surface area (Å²) in [7, 11) is -3.80. The van der Waals surface area contributed by atoms with Crippen LogP contribution in [0.4, 0.5) is 11.5 Å². The van der Waals surface area contributed by atoms with Crippen LogP contribution in [0.15, 0.2) is 27.7 Å². The quantitative estimate of drug-likeness (QED) is 0.837. The Hall–Kier alpha value is -2.17. The summed E-state index contributed by atoms with van der Waals surface area (Å²) in [6, 6.07) is 3.50. The van der Waals surface area contributed by atoms with Crippen LogP contribution in [-0.2, 0) is 19.5 Å². The van der Waals surface area contributed by atoms with Crippen LogP contribution in [0, 0.1) is 13.8 Å². The molecule has 2 saturated heterocycles. The Morgan fingerprint density at radius 3 is 2.41 bits per heavy atom. The van der Waals surface area contributed by atoms with Gasteiger partial charge in [0.05, 0.1) is 25.1 Å². The molecule has 10 heteroatoms. The minimum Gasteiger partial charge on any atom is -0.370 e. The van der Waals surface area contributed by atoms with Gasteiger partial charge < -0.3 is 18.9 Å². The van der Waals surface area contributed by atoms with Crippen LogP contribution < -0.4 is 9.62 Å². The number of anilines is 2. The second-order valence-corrected chi connectivity index (χ2v) is 8.37. The second kappa shape index (κ2) is 6.77. The van der Waals surface area contributed by atoms with E-state index in [0.717, 1.165) is 31.6 Å². The molecule has 0 radical (unpaired) electrons. The molecule has 0 unspecified atom stereocenters. The van der Waals surface area contributed by atoms with Crippen molar-refractivity contribution in [1.82, 2.24) is 10.1 Å². The van der Waals surface area contributed by atoms with Gasteiger partial charge in [0.1, 0.15) is 11.5 Å². The van der Waals surface area contributed by atoms with Gasteiger partial charge in [0.25, 0.3) is 10.0 Å². The van der Waals surface area contributed by atoms with Gasteiger partial charge in [-0.2, -0.15) is 0 Å².